The number of nitrogens with one attached hydrogen (secondary N) is 3. The summed E-state index contributed by atoms with van der Waals surface area (Å²) in [5.41, 5.74) is 1.24. The Morgan fingerprint density at radius 3 is 2.55 bits per heavy atom. The summed E-state index contributed by atoms with van der Waals surface area (Å²) in [5.74, 6) is -2.24. The lowest BCUT2D eigenvalue weighted by Crippen LogP contribution is -2.43. The van der Waals surface area contributed by atoms with Gasteiger partial charge in [-0.15, -0.1) is 0 Å². The van der Waals surface area contributed by atoms with Crippen molar-refractivity contribution in [1.82, 2.24) is 10.3 Å². The summed E-state index contributed by atoms with van der Waals surface area (Å²) in [5, 5.41) is 8.31. The van der Waals surface area contributed by atoms with Gasteiger partial charge in [0.25, 0.3) is 5.91 Å². The number of hydrogen-bond acceptors (Lipinski definition) is 7. The molecule has 0 bridgehead atoms. The zero-order chi connectivity index (χ0) is 23.5. The van der Waals surface area contributed by atoms with Gasteiger partial charge in [0.1, 0.15) is 6.04 Å². The predicted molar refractivity (Wildman–Crippen MR) is 123 cm³/mol. The van der Waals surface area contributed by atoms with Crippen molar-refractivity contribution in [3.05, 3.63) is 64.8 Å². The van der Waals surface area contributed by atoms with Crippen LogP contribution in [0.3, 0.4) is 0 Å². The summed E-state index contributed by atoms with van der Waals surface area (Å²) in [4.78, 5) is 54.5. The van der Waals surface area contributed by atoms with E-state index in [4.69, 9.17) is 16.3 Å². The number of aromatic nitrogens is 1. The highest BCUT2D eigenvalue weighted by Crippen LogP contribution is 2.37. The van der Waals surface area contributed by atoms with Gasteiger partial charge in [0.2, 0.25) is 11.8 Å². The molecule has 33 heavy (non-hydrogen) atoms. The van der Waals surface area contributed by atoms with Gasteiger partial charge in [-0.3, -0.25) is 14.4 Å². The van der Waals surface area contributed by atoms with E-state index >= 15 is 0 Å². The highest BCUT2D eigenvalue weighted by Gasteiger charge is 2.30. The fourth-order valence-electron chi connectivity index (χ4n) is 3.25. The van der Waals surface area contributed by atoms with Gasteiger partial charge in [-0.25, -0.2) is 9.78 Å². The van der Waals surface area contributed by atoms with Crippen LogP contribution in [0.25, 0.3) is 10.4 Å². The average Bonchev–Trinajstić information content (AvgIpc) is 3.16. The smallest absolute Gasteiger partial charge is 0.358 e. The molecule has 0 aliphatic carbocycles. The molecule has 1 aliphatic heterocycles. The summed E-state index contributed by atoms with van der Waals surface area (Å²) in [6, 6.07) is 12.4. The number of ether oxygens (including phenoxy) is 1. The molecule has 3 aromatic rings. The van der Waals surface area contributed by atoms with Crippen LogP contribution in [0.1, 0.15) is 27.3 Å². The quantitative estimate of drug-likeness (QED) is 0.477. The lowest BCUT2D eigenvalue weighted by molar-refractivity contribution is -0.122. The molecule has 3 N–H and O–H groups in total. The molecule has 168 valence electrons. The van der Waals surface area contributed by atoms with E-state index in [1.165, 1.54) is 7.11 Å². The highest BCUT2D eigenvalue weighted by atomic mass is 35.5. The van der Waals surface area contributed by atoms with Gasteiger partial charge in [0, 0.05) is 10.6 Å². The number of para-hydroxylation sites is 1. The molecule has 0 saturated heterocycles. The first-order chi connectivity index (χ1) is 15.9. The summed E-state index contributed by atoms with van der Waals surface area (Å²) < 4.78 is 4.80. The molecule has 3 amide bonds. The van der Waals surface area contributed by atoms with Crippen LogP contribution in [0, 0.1) is 0 Å². The van der Waals surface area contributed by atoms with Crippen LogP contribution >= 0.6 is 22.9 Å². The number of halogens is 1. The SMILES string of the molecule is COC(=O)c1nc(NC(=O)C[C@H]2NC(=O)c3ccccc3NC2=O)sc1-c1ccccc1Cl. The third-order valence-electron chi connectivity index (χ3n) is 4.81. The van der Waals surface area contributed by atoms with Crippen molar-refractivity contribution in [3.8, 4) is 10.4 Å². The van der Waals surface area contributed by atoms with Crippen LogP contribution < -0.4 is 16.0 Å². The molecule has 1 atom stereocenters. The molecule has 0 unspecified atom stereocenters. The van der Waals surface area contributed by atoms with Crippen molar-refractivity contribution >= 4 is 57.4 Å². The maximum Gasteiger partial charge on any atom is 0.358 e. The third kappa shape index (κ3) is 4.71. The Labute approximate surface area is 197 Å². The van der Waals surface area contributed by atoms with Crippen molar-refractivity contribution in [2.24, 2.45) is 0 Å². The Kier molecular flexibility index (Phi) is 6.38. The summed E-state index contributed by atoms with van der Waals surface area (Å²) in [6.45, 7) is 0. The first-order valence-electron chi connectivity index (χ1n) is 9.72. The molecule has 4 rings (SSSR count). The van der Waals surface area contributed by atoms with Crippen molar-refractivity contribution < 1.29 is 23.9 Å². The van der Waals surface area contributed by atoms with Gasteiger partial charge in [-0.1, -0.05) is 53.3 Å². The number of nitrogens with zero attached hydrogens (tertiary/aromatic N) is 1. The monoisotopic (exact) mass is 484 g/mol. The van der Waals surface area contributed by atoms with E-state index in [2.05, 4.69) is 20.9 Å². The normalized spacial score (nSPS) is 15.0. The Balaban J connectivity index is 1.53. The van der Waals surface area contributed by atoms with Gasteiger partial charge < -0.3 is 20.7 Å². The van der Waals surface area contributed by atoms with E-state index in [1.807, 2.05) is 0 Å². The lowest BCUT2D eigenvalue weighted by Gasteiger charge is -2.13. The maximum atomic E-state index is 12.7. The van der Waals surface area contributed by atoms with Gasteiger partial charge in [0.05, 0.1) is 29.7 Å². The molecule has 2 aromatic carbocycles. The predicted octanol–water partition coefficient (Wildman–Crippen LogP) is 3.33. The molecular weight excluding hydrogens is 468 g/mol. The highest BCUT2D eigenvalue weighted by molar-refractivity contribution is 7.19. The van der Waals surface area contributed by atoms with E-state index in [9.17, 15) is 19.2 Å². The Morgan fingerprint density at radius 2 is 1.82 bits per heavy atom. The van der Waals surface area contributed by atoms with E-state index < -0.39 is 29.7 Å². The minimum atomic E-state index is -1.09. The molecule has 11 heteroatoms. The number of hydrogen-bond donors (Lipinski definition) is 3. The minimum absolute atomic E-state index is 0.00172. The topological polar surface area (TPSA) is 126 Å². The van der Waals surface area contributed by atoms with E-state index in [0.29, 0.717) is 26.7 Å². The molecule has 1 aliphatic rings. The van der Waals surface area contributed by atoms with Crippen molar-refractivity contribution in [2.45, 2.75) is 12.5 Å². The number of anilines is 2. The molecule has 0 saturated carbocycles. The van der Waals surface area contributed by atoms with Crippen LogP contribution in [-0.4, -0.2) is 41.8 Å². The van der Waals surface area contributed by atoms with Gasteiger partial charge in [-0.05, 0) is 18.2 Å². The van der Waals surface area contributed by atoms with Crippen molar-refractivity contribution in [1.29, 1.82) is 0 Å². The summed E-state index contributed by atoms with van der Waals surface area (Å²) in [6.07, 6.45) is -0.333. The second-order valence-electron chi connectivity index (χ2n) is 6.98. The second-order valence-corrected chi connectivity index (χ2v) is 8.39. The zero-order valence-corrected chi connectivity index (χ0v) is 18.8. The first-order valence-corrected chi connectivity index (χ1v) is 10.9. The molecule has 2 heterocycles. The molecule has 0 fully saturated rings. The number of methoxy groups -OCH3 is 1. The second kappa shape index (κ2) is 9.39. The van der Waals surface area contributed by atoms with E-state index in [1.54, 1.807) is 48.5 Å². The zero-order valence-electron chi connectivity index (χ0n) is 17.2. The standard InChI is InChI=1S/C22H17ClN4O5S/c1-32-21(31)17-18(11-6-2-4-8-13(11)23)33-22(27-17)26-16(28)10-15-20(30)24-14-9-5-3-7-12(14)19(29)25-15/h2-9,15H,10H2,1H3,(H,24,30)(H,25,29)(H,26,27,28)/t15-/m1/s1. The number of carbonyl (C=O) groups excluding carboxylic acids is 4. The maximum absolute atomic E-state index is 12.7. The molecular formula is C22H17ClN4O5S. The number of thiazole rings is 1. The summed E-state index contributed by atoms with van der Waals surface area (Å²) >= 11 is 7.30. The van der Waals surface area contributed by atoms with E-state index in [0.717, 1.165) is 11.3 Å². The molecule has 0 spiro atoms. The number of amides is 3. The van der Waals surface area contributed by atoms with Gasteiger partial charge in [0.15, 0.2) is 10.8 Å². The number of carbonyl (C=O) groups is 4. The fourth-order valence-corrected chi connectivity index (χ4v) is 4.54. The molecule has 9 nitrogen and oxygen atoms in total. The molecule has 0 radical (unpaired) electrons. The van der Waals surface area contributed by atoms with Crippen LogP contribution in [0.4, 0.5) is 10.8 Å². The van der Waals surface area contributed by atoms with Crippen LogP contribution in [0.2, 0.25) is 5.02 Å². The van der Waals surface area contributed by atoms with E-state index in [-0.39, 0.29) is 17.2 Å². The Hall–Kier alpha value is -3.76. The average molecular weight is 485 g/mol. The summed E-state index contributed by atoms with van der Waals surface area (Å²) in [7, 11) is 1.22. The van der Waals surface area contributed by atoms with Crippen molar-refractivity contribution in [3.63, 3.8) is 0 Å². The Bertz CT molecular complexity index is 1280. The number of fused-ring (bicyclic) bond motifs is 1. The first kappa shape index (κ1) is 22.4. The van der Waals surface area contributed by atoms with Gasteiger partial charge >= 0.3 is 5.97 Å². The lowest BCUT2D eigenvalue weighted by atomic mass is 10.1. The fraction of sp³-hybridized carbons (Fsp3) is 0.136. The minimum Gasteiger partial charge on any atom is -0.464 e. The largest absolute Gasteiger partial charge is 0.464 e. The number of esters is 1. The van der Waals surface area contributed by atoms with Crippen LogP contribution in [0.5, 0.6) is 0 Å². The van der Waals surface area contributed by atoms with Gasteiger partial charge in [-0.2, -0.15) is 0 Å². The van der Waals surface area contributed by atoms with Crippen LogP contribution in [0.15, 0.2) is 48.5 Å². The van der Waals surface area contributed by atoms with Crippen molar-refractivity contribution in [2.75, 3.05) is 17.7 Å². The molecule has 1 aromatic heterocycles. The Morgan fingerprint density at radius 1 is 1.12 bits per heavy atom. The number of rotatable bonds is 5. The third-order valence-corrected chi connectivity index (χ3v) is 6.15. The van der Waals surface area contributed by atoms with Crippen LogP contribution in [-0.2, 0) is 14.3 Å². The number of benzene rings is 2.